The number of hydrogen-bond acceptors (Lipinski definition) is 5. The van der Waals surface area contributed by atoms with Crippen LogP contribution in [0.4, 0.5) is 0 Å². The molecule has 3 rings (SSSR count). The van der Waals surface area contributed by atoms with Gasteiger partial charge in [-0.05, 0) is 49.7 Å². The molecule has 1 amide bonds. The summed E-state index contributed by atoms with van der Waals surface area (Å²) in [5.74, 6) is 1.17. The van der Waals surface area contributed by atoms with Gasteiger partial charge in [-0.3, -0.25) is 4.79 Å². The van der Waals surface area contributed by atoms with E-state index < -0.39 is 6.10 Å². The van der Waals surface area contributed by atoms with E-state index in [0.29, 0.717) is 22.5 Å². The van der Waals surface area contributed by atoms with Crippen molar-refractivity contribution in [1.82, 2.24) is 15.5 Å². The van der Waals surface area contributed by atoms with E-state index in [1.165, 1.54) is 0 Å². The zero-order chi connectivity index (χ0) is 18.5. The van der Waals surface area contributed by atoms with Gasteiger partial charge in [-0.1, -0.05) is 35.0 Å². The van der Waals surface area contributed by atoms with E-state index in [0.717, 1.165) is 11.1 Å². The highest BCUT2D eigenvalue weighted by atomic mass is 35.5. The van der Waals surface area contributed by atoms with Crippen molar-refractivity contribution in [3.8, 4) is 17.1 Å². The molecule has 1 aromatic heterocycles. The number of amides is 1. The molecule has 0 aliphatic carbocycles. The minimum Gasteiger partial charge on any atom is -0.481 e. The zero-order valence-corrected chi connectivity index (χ0v) is 15.2. The third-order valence-electron chi connectivity index (χ3n) is 3.75. The van der Waals surface area contributed by atoms with Gasteiger partial charge < -0.3 is 14.6 Å². The van der Waals surface area contributed by atoms with Crippen molar-refractivity contribution in [3.63, 3.8) is 0 Å². The Morgan fingerprint density at radius 3 is 2.69 bits per heavy atom. The van der Waals surface area contributed by atoms with Gasteiger partial charge in [0.05, 0.1) is 6.54 Å². The summed E-state index contributed by atoms with van der Waals surface area (Å²) in [5.41, 5.74) is 1.75. The Morgan fingerprint density at radius 2 is 1.96 bits per heavy atom. The number of nitrogens with zero attached hydrogens (tertiary/aromatic N) is 2. The molecule has 26 heavy (non-hydrogen) atoms. The first-order valence-electron chi connectivity index (χ1n) is 8.11. The molecule has 0 aliphatic heterocycles. The van der Waals surface area contributed by atoms with Crippen molar-refractivity contribution in [1.29, 1.82) is 0 Å². The van der Waals surface area contributed by atoms with Gasteiger partial charge in [0.25, 0.3) is 5.91 Å². The standard InChI is InChI=1S/C19H18ClN3O3/c1-12-5-3-4-6-16(12)25-13(2)19(24)21-11-17-22-18(23-26-17)14-7-9-15(20)10-8-14/h3-10,13H,11H2,1-2H3,(H,21,24)/t13-/m1/s1. The average molecular weight is 372 g/mol. The lowest BCUT2D eigenvalue weighted by atomic mass is 10.2. The van der Waals surface area contributed by atoms with Gasteiger partial charge in [-0.2, -0.15) is 4.98 Å². The molecule has 1 heterocycles. The number of hydrogen-bond donors (Lipinski definition) is 1. The second kappa shape index (κ2) is 8.01. The highest BCUT2D eigenvalue weighted by Gasteiger charge is 2.17. The molecule has 0 aliphatic rings. The van der Waals surface area contributed by atoms with Crippen LogP contribution in [-0.2, 0) is 11.3 Å². The Balaban J connectivity index is 1.56. The fourth-order valence-electron chi connectivity index (χ4n) is 2.28. The minimum atomic E-state index is -0.644. The number of carbonyl (C=O) groups excluding carboxylic acids is 1. The number of aromatic nitrogens is 2. The van der Waals surface area contributed by atoms with Crippen molar-refractivity contribution in [2.75, 3.05) is 0 Å². The lowest BCUT2D eigenvalue weighted by Crippen LogP contribution is -2.36. The van der Waals surface area contributed by atoms with E-state index >= 15 is 0 Å². The monoisotopic (exact) mass is 371 g/mol. The second-order valence-corrected chi connectivity index (χ2v) is 6.20. The molecule has 0 saturated heterocycles. The Labute approximate surface area is 156 Å². The normalized spacial score (nSPS) is 11.8. The molecule has 0 saturated carbocycles. The first-order chi connectivity index (χ1) is 12.5. The third-order valence-corrected chi connectivity index (χ3v) is 4.00. The van der Waals surface area contributed by atoms with Crippen LogP contribution in [0.25, 0.3) is 11.4 Å². The van der Waals surface area contributed by atoms with Crippen LogP contribution in [0.3, 0.4) is 0 Å². The number of halogens is 1. The molecule has 0 unspecified atom stereocenters. The van der Waals surface area contributed by atoms with Crippen molar-refractivity contribution in [2.24, 2.45) is 0 Å². The number of para-hydroxylation sites is 1. The van der Waals surface area contributed by atoms with Gasteiger partial charge in [-0.15, -0.1) is 0 Å². The summed E-state index contributed by atoms with van der Waals surface area (Å²) >= 11 is 5.86. The van der Waals surface area contributed by atoms with Crippen LogP contribution in [-0.4, -0.2) is 22.2 Å². The smallest absolute Gasteiger partial charge is 0.261 e. The SMILES string of the molecule is Cc1ccccc1O[C@H](C)C(=O)NCc1nc(-c2ccc(Cl)cc2)no1. The topological polar surface area (TPSA) is 77.2 Å². The fraction of sp³-hybridized carbons (Fsp3) is 0.211. The van der Waals surface area contributed by atoms with Crippen LogP contribution in [0.15, 0.2) is 53.1 Å². The highest BCUT2D eigenvalue weighted by Crippen LogP contribution is 2.19. The van der Waals surface area contributed by atoms with Gasteiger partial charge in [0.2, 0.25) is 11.7 Å². The Kier molecular flexibility index (Phi) is 5.53. The largest absolute Gasteiger partial charge is 0.481 e. The molecule has 0 spiro atoms. The summed E-state index contributed by atoms with van der Waals surface area (Å²) in [5, 5.41) is 7.27. The maximum Gasteiger partial charge on any atom is 0.261 e. The van der Waals surface area contributed by atoms with E-state index in [4.69, 9.17) is 20.9 Å². The van der Waals surface area contributed by atoms with Gasteiger partial charge in [0.15, 0.2) is 6.10 Å². The maximum atomic E-state index is 12.2. The molecule has 3 aromatic rings. The molecular formula is C19H18ClN3O3. The number of nitrogens with one attached hydrogen (secondary N) is 1. The zero-order valence-electron chi connectivity index (χ0n) is 14.4. The summed E-state index contributed by atoms with van der Waals surface area (Å²) in [4.78, 5) is 16.5. The van der Waals surface area contributed by atoms with Crippen molar-refractivity contribution in [2.45, 2.75) is 26.5 Å². The Morgan fingerprint density at radius 1 is 1.23 bits per heavy atom. The van der Waals surface area contributed by atoms with Gasteiger partial charge in [0.1, 0.15) is 5.75 Å². The number of rotatable bonds is 6. The third kappa shape index (κ3) is 4.40. The fourth-order valence-corrected chi connectivity index (χ4v) is 2.41. The van der Waals surface area contributed by atoms with E-state index in [1.54, 1.807) is 31.2 Å². The first-order valence-corrected chi connectivity index (χ1v) is 8.49. The molecular weight excluding hydrogens is 354 g/mol. The molecule has 1 N–H and O–H groups in total. The number of carbonyl (C=O) groups is 1. The van der Waals surface area contributed by atoms with Crippen molar-refractivity contribution in [3.05, 3.63) is 65.0 Å². The van der Waals surface area contributed by atoms with Gasteiger partial charge >= 0.3 is 0 Å². The summed E-state index contributed by atoms with van der Waals surface area (Å²) in [7, 11) is 0. The van der Waals surface area contributed by atoms with Crippen LogP contribution in [0.5, 0.6) is 5.75 Å². The Hall–Kier alpha value is -2.86. The molecule has 0 bridgehead atoms. The van der Waals surface area contributed by atoms with Gasteiger partial charge in [-0.25, -0.2) is 0 Å². The van der Waals surface area contributed by atoms with E-state index in [9.17, 15) is 4.79 Å². The van der Waals surface area contributed by atoms with E-state index in [2.05, 4.69) is 15.5 Å². The van der Waals surface area contributed by atoms with Crippen LogP contribution >= 0.6 is 11.6 Å². The lowest BCUT2D eigenvalue weighted by molar-refractivity contribution is -0.127. The summed E-state index contributed by atoms with van der Waals surface area (Å²) < 4.78 is 10.9. The van der Waals surface area contributed by atoms with E-state index in [-0.39, 0.29) is 12.5 Å². The molecule has 7 heteroatoms. The van der Waals surface area contributed by atoms with Crippen molar-refractivity contribution < 1.29 is 14.1 Å². The predicted molar refractivity (Wildman–Crippen MR) is 97.9 cm³/mol. The number of ether oxygens (including phenoxy) is 1. The highest BCUT2D eigenvalue weighted by molar-refractivity contribution is 6.30. The van der Waals surface area contributed by atoms with Crippen molar-refractivity contribution >= 4 is 17.5 Å². The minimum absolute atomic E-state index is 0.126. The predicted octanol–water partition coefficient (Wildman–Crippen LogP) is 3.78. The molecule has 134 valence electrons. The Bertz CT molecular complexity index is 893. The van der Waals surface area contributed by atoms with Gasteiger partial charge in [0, 0.05) is 10.6 Å². The summed E-state index contributed by atoms with van der Waals surface area (Å²) in [6.07, 6.45) is -0.644. The molecule has 0 fully saturated rings. The first kappa shape index (κ1) is 17.9. The lowest BCUT2D eigenvalue weighted by Gasteiger charge is -2.15. The maximum absolute atomic E-state index is 12.2. The van der Waals surface area contributed by atoms with Crippen LogP contribution < -0.4 is 10.1 Å². The average Bonchev–Trinajstić information content (AvgIpc) is 3.11. The molecule has 1 atom stereocenters. The second-order valence-electron chi connectivity index (χ2n) is 5.76. The molecule has 6 nitrogen and oxygen atoms in total. The molecule has 2 aromatic carbocycles. The molecule has 0 radical (unpaired) electrons. The number of benzene rings is 2. The quantitative estimate of drug-likeness (QED) is 0.713. The van der Waals surface area contributed by atoms with Crippen LogP contribution in [0.2, 0.25) is 5.02 Å². The van der Waals surface area contributed by atoms with Crippen LogP contribution in [0.1, 0.15) is 18.4 Å². The summed E-state index contributed by atoms with van der Waals surface area (Å²) in [6.45, 7) is 3.74. The summed E-state index contributed by atoms with van der Waals surface area (Å²) in [6, 6.07) is 14.6. The van der Waals surface area contributed by atoms with Crippen LogP contribution in [0, 0.1) is 6.92 Å². The van der Waals surface area contributed by atoms with E-state index in [1.807, 2.05) is 31.2 Å². The number of aryl methyl sites for hydroxylation is 1.